The lowest BCUT2D eigenvalue weighted by Gasteiger charge is -2.06. The third-order valence-electron chi connectivity index (χ3n) is 2.67. The number of ether oxygens (including phenoxy) is 1. The number of anilines is 1. The summed E-state index contributed by atoms with van der Waals surface area (Å²) in [5.41, 5.74) is 7.41. The van der Waals surface area contributed by atoms with Gasteiger partial charge in [-0.3, -0.25) is 0 Å². The Labute approximate surface area is 114 Å². The number of fused-ring (bicyclic) bond motifs is 1. The van der Waals surface area contributed by atoms with Crippen molar-refractivity contribution in [2.45, 2.75) is 0 Å². The lowest BCUT2D eigenvalue weighted by atomic mass is 10.2. The number of pyridine rings is 1. The molecular weight excluding hydrogens is 254 g/mol. The van der Waals surface area contributed by atoms with Crippen LogP contribution in [-0.4, -0.2) is 15.0 Å². The van der Waals surface area contributed by atoms with E-state index in [1.165, 1.54) is 6.33 Å². The highest BCUT2D eigenvalue weighted by molar-refractivity contribution is 5.83. The highest BCUT2D eigenvalue weighted by atomic mass is 16.5. The molecule has 0 aliphatic carbocycles. The van der Waals surface area contributed by atoms with Gasteiger partial charge in [0.2, 0.25) is 5.88 Å². The Morgan fingerprint density at radius 3 is 2.90 bits per heavy atom. The van der Waals surface area contributed by atoms with Crippen LogP contribution in [0.1, 0.15) is 5.56 Å². The normalized spacial score (nSPS) is 10.2. The summed E-state index contributed by atoms with van der Waals surface area (Å²) in [6.07, 6.45) is 1.39. The molecule has 6 heteroatoms. The average Bonchev–Trinajstić information content (AvgIpc) is 2.48. The number of hydrogen-bond donors (Lipinski definition) is 1. The lowest BCUT2D eigenvalue weighted by Crippen LogP contribution is -1.96. The van der Waals surface area contributed by atoms with Gasteiger partial charge in [-0.25, -0.2) is 15.0 Å². The Kier molecular flexibility index (Phi) is 2.86. The zero-order valence-electron chi connectivity index (χ0n) is 10.3. The van der Waals surface area contributed by atoms with Crippen LogP contribution in [0.4, 0.5) is 5.82 Å². The second-order valence-electron chi connectivity index (χ2n) is 4.02. The number of aromatic nitrogens is 3. The van der Waals surface area contributed by atoms with Crippen LogP contribution in [-0.2, 0) is 0 Å². The fourth-order valence-electron chi connectivity index (χ4n) is 1.75. The van der Waals surface area contributed by atoms with Crippen molar-refractivity contribution in [2.24, 2.45) is 0 Å². The summed E-state index contributed by atoms with van der Waals surface area (Å²) in [7, 11) is 0. The summed E-state index contributed by atoms with van der Waals surface area (Å²) in [5.74, 6) is 1.20. The van der Waals surface area contributed by atoms with Crippen molar-refractivity contribution in [2.75, 3.05) is 5.73 Å². The molecule has 0 unspecified atom stereocenters. The molecule has 0 fully saturated rings. The molecule has 0 aliphatic heterocycles. The zero-order chi connectivity index (χ0) is 13.9. The lowest BCUT2D eigenvalue weighted by molar-refractivity contribution is 0.465. The maximum absolute atomic E-state index is 8.85. The number of nitrogens with two attached hydrogens (primary N) is 1. The fraction of sp³-hybridized carbons (Fsp3) is 0. The molecule has 20 heavy (non-hydrogen) atoms. The summed E-state index contributed by atoms with van der Waals surface area (Å²) in [6, 6.07) is 12.3. The van der Waals surface area contributed by atoms with Crippen molar-refractivity contribution in [1.82, 2.24) is 15.0 Å². The largest absolute Gasteiger partial charge is 0.439 e. The number of nitrogen functional groups attached to an aromatic ring is 1. The maximum Gasteiger partial charge on any atom is 0.220 e. The second kappa shape index (κ2) is 4.82. The molecule has 2 heterocycles. The van der Waals surface area contributed by atoms with E-state index in [4.69, 9.17) is 15.7 Å². The first kappa shape index (κ1) is 11.9. The van der Waals surface area contributed by atoms with Gasteiger partial charge in [-0.1, -0.05) is 6.07 Å². The minimum atomic E-state index is 0.297. The Morgan fingerprint density at radius 1 is 1.15 bits per heavy atom. The van der Waals surface area contributed by atoms with Crippen LogP contribution >= 0.6 is 0 Å². The third-order valence-corrected chi connectivity index (χ3v) is 2.67. The van der Waals surface area contributed by atoms with Crippen molar-refractivity contribution in [1.29, 1.82) is 5.26 Å². The highest BCUT2D eigenvalue weighted by Crippen LogP contribution is 2.23. The van der Waals surface area contributed by atoms with E-state index in [0.29, 0.717) is 34.0 Å². The highest BCUT2D eigenvalue weighted by Gasteiger charge is 2.05. The van der Waals surface area contributed by atoms with Crippen molar-refractivity contribution in [3.05, 3.63) is 48.3 Å². The van der Waals surface area contributed by atoms with Crippen LogP contribution in [0.25, 0.3) is 11.0 Å². The molecule has 0 atom stereocenters. The van der Waals surface area contributed by atoms with Crippen LogP contribution in [0.3, 0.4) is 0 Å². The number of hydrogen-bond acceptors (Lipinski definition) is 6. The van der Waals surface area contributed by atoms with E-state index >= 15 is 0 Å². The molecule has 3 aromatic rings. The Hall–Kier alpha value is -3.20. The number of nitriles is 1. The Bertz CT molecular complexity index is 825. The van der Waals surface area contributed by atoms with Crippen LogP contribution in [0.5, 0.6) is 11.6 Å². The first-order valence-electron chi connectivity index (χ1n) is 5.81. The molecule has 2 N–H and O–H groups in total. The van der Waals surface area contributed by atoms with Crippen LogP contribution in [0, 0.1) is 11.3 Å². The molecule has 0 radical (unpaired) electrons. The van der Waals surface area contributed by atoms with Gasteiger partial charge in [0.1, 0.15) is 17.6 Å². The summed E-state index contributed by atoms with van der Waals surface area (Å²) < 4.78 is 5.61. The Morgan fingerprint density at radius 2 is 2.05 bits per heavy atom. The molecule has 0 bridgehead atoms. The summed E-state index contributed by atoms with van der Waals surface area (Å²) in [6.45, 7) is 0. The maximum atomic E-state index is 8.85. The quantitative estimate of drug-likeness (QED) is 0.761. The monoisotopic (exact) mass is 263 g/mol. The van der Waals surface area contributed by atoms with Crippen molar-refractivity contribution in [3.63, 3.8) is 0 Å². The number of rotatable bonds is 2. The van der Waals surface area contributed by atoms with Crippen molar-refractivity contribution < 1.29 is 4.74 Å². The van der Waals surface area contributed by atoms with E-state index < -0.39 is 0 Å². The summed E-state index contributed by atoms with van der Waals surface area (Å²) in [4.78, 5) is 12.2. The second-order valence-corrected chi connectivity index (χ2v) is 4.02. The van der Waals surface area contributed by atoms with Gasteiger partial charge in [0.05, 0.1) is 17.1 Å². The van der Waals surface area contributed by atoms with E-state index in [0.717, 1.165) is 0 Å². The molecule has 0 saturated heterocycles. The predicted octanol–water partition coefficient (Wildman–Crippen LogP) is 2.27. The molecule has 0 saturated carbocycles. The van der Waals surface area contributed by atoms with Crippen LogP contribution in [0.2, 0.25) is 0 Å². The first-order valence-corrected chi connectivity index (χ1v) is 5.81. The van der Waals surface area contributed by atoms with Gasteiger partial charge >= 0.3 is 0 Å². The topological polar surface area (TPSA) is 97.7 Å². The van der Waals surface area contributed by atoms with E-state index in [2.05, 4.69) is 21.0 Å². The van der Waals surface area contributed by atoms with E-state index in [1.54, 1.807) is 36.4 Å². The van der Waals surface area contributed by atoms with Gasteiger partial charge in [0, 0.05) is 6.07 Å². The average molecular weight is 263 g/mol. The van der Waals surface area contributed by atoms with E-state index in [-0.39, 0.29) is 0 Å². The van der Waals surface area contributed by atoms with E-state index in [1.807, 2.05) is 0 Å². The van der Waals surface area contributed by atoms with Crippen LogP contribution < -0.4 is 10.5 Å². The molecule has 3 rings (SSSR count). The number of nitrogens with zero attached hydrogens (tertiary/aromatic N) is 4. The van der Waals surface area contributed by atoms with Crippen molar-refractivity contribution in [3.8, 4) is 17.7 Å². The smallest absolute Gasteiger partial charge is 0.220 e. The SMILES string of the molecule is N#Cc1cccc(Oc2ccc3ncnc(N)c3n2)c1. The Balaban J connectivity index is 1.98. The van der Waals surface area contributed by atoms with Gasteiger partial charge in [-0.15, -0.1) is 0 Å². The molecule has 96 valence electrons. The molecule has 0 spiro atoms. The van der Waals surface area contributed by atoms with Gasteiger partial charge in [-0.05, 0) is 24.3 Å². The third kappa shape index (κ3) is 2.20. The first-order chi connectivity index (χ1) is 9.76. The van der Waals surface area contributed by atoms with Gasteiger partial charge < -0.3 is 10.5 Å². The van der Waals surface area contributed by atoms with Crippen LogP contribution in [0.15, 0.2) is 42.7 Å². The van der Waals surface area contributed by atoms with Crippen molar-refractivity contribution >= 4 is 16.9 Å². The summed E-state index contributed by atoms with van der Waals surface area (Å²) >= 11 is 0. The molecular formula is C14H9N5O. The molecule has 1 aromatic carbocycles. The zero-order valence-corrected chi connectivity index (χ0v) is 10.3. The number of benzene rings is 1. The standard InChI is InChI=1S/C14H9N5O/c15-7-9-2-1-3-10(6-9)20-12-5-4-11-13(19-12)14(16)18-8-17-11/h1-6,8H,(H2,16,17,18). The minimum Gasteiger partial charge on any atom is -0.439 e. The van der Waals surface area contributed by atoms with Gasteiger partial charge in [0.25, 0.3) is 0 Å². The molecule has 2 aromatic heterocycles. The molecule has 0 amide bonds. The fourth-order valence-corrected chi connectivity index (χ4v) is 1.75. The predicted molar refractivity (Wildman–Crippen MR) is 73.0 cm³/mol. The molecule has 6 nitrogen and oxygen atoms in total. The van der Waals surface area contributed by atoms with Gasteiger partial charge in [0.15, 0.2) is 5.82 Å². The minimum absolute atomic E-state index is 0.297. The van der Waals surface area contributed by atoms with E-state index in [9.17, 15) is 0 Å². The summed E-state index contributed by atoms with van der Waals surface area (Å²) in [5, 5.41) is 8.85. The van der Waals surface area contributed by atoms with Gasteiger partial charge in [-0.2, -0.15) is 5.26 Å². The molecule has 0 aliphatic rings.